The van der Waals surface area contributed by atoms with E-state index in [1.807, 2.05) is 20.8 Å². The molecule has 0 rings (SSSR count). The van der Waals surface area contributed by atoms with Crippen molar-refractivity contribution in [3.63, 3.8) is 0 Å². The molecule has 0 radical (unpaired) electrons. The van der Waals surface area contributed by atoms with Crippen molar-refractivity contribution in [2.45, 2.75) is 45.3 Å². The minimum atomic E-state index is -0.436. The summed E-state index contributed by atoms with van der Waals surface area (Å²) in [5, 5.41) is 12.0. The Bertz CT molecular complexity index is 207. The van der Waals surface area contributed by atoms with Crippen LogP contribution in [0.2, 0.25) is 0 Å². The molecule has 5 heteroatoms. The third-order valence-electron chi connectivity index (χ3n) is 2.03. The van der Waals surface area contributed by atoms with Crippen molar-refractivity contribution in [2.24, 2.45) is 0 Å². The van der Waals surface area contributed by atoms with Gasteiger partial charge in [0.05, 0.1) is 13.0 Å². The van der Waals surface area contributed by atoms with E-state index in [4.69, 9.17) is 14.6 Å². The zero-order valence-corrected chi connectivity index (χ0v) is 11.3. The highest BCUT2D eigenvalue weighted by Gasteiger charge is 2.16. The molecule has 5 nitrogen and oxygen atoms in total. The van der Waals surface area contributed by atoms with Gasteiger partial charge in [-0.05, 0) is 27.2 Å². The zero-order valence-electron chi connectivity index (χ0n) is 11.3. The minimum absolute atomic E-state index is 0.0763. The molecule has 0 spiro atoms. The molecule has 1 atom stereocenters. The van der Waals surface area contributed by atoms with E-state index in [0.29, 0.717) is 26.0 Å². The Morgan fingerprint density at radius 2 is 2.06 bits per heavy atom. The van der Waals surface area contributed by atoms with E-state index in [2.05, 4.69) is 5.32 Å². The summed E-state index contributed by atoms with van der Waals surface area (Å²) >= 11 is 0. The molecule has 0 aromatic rings. The second-order valence-electron chi connectivity index (χ2n) is 4.96. The largest absolute Gasteiger partial charge is 0.460 e. The molecule has 102 valence electrons. The lowest BCUT2D eigenvalue weighted by Crippen LogP contribution is -2.36. The molecule has 0 saturated carbocycles. The number of nitrogens with one attached hydrogen (secondary N) is 1. The summed E-state index contributed by atoms with van der Waals surface area (Å²) in [4.78, 5) is 11.4. The highest BCUT2D eigenvalue weighted by atomic mass is 16.6. The first-order valence-electron chi connectivity index (χ1n) is 5.94. The summed E-state index contributed by atoms with van der Waals surface area (Å²) in [5.41, 5.74) is -0.436. The van der Waals surface area contributed by atoms with Crippen LogP contribution in [0, 0.1) is 0 Å². The van der Waals surface area contributed by atoms with Crippen LogP contribution in [0.1, 0.15) is 33.6 Å². The third kappa shape index (κ3) is 10.2. The molecule has 0 amide bonds. The highest BCUT2D eigenvalue weighted by Crippen LogP contribution is 2.07. The Balaban J connectivity index is 3.76. The van der Waals surface area contributed by atoms with Crippen LogP contribution >= 0.6 is 0 Å². The maximum atomic E-state index is 11.4. The molecule has 0 aromatic heterocycles. The number of ether oxygens (including phenoxy) is 2. The Morgan fingerprint density at radius 3 is 2.53 bits per heavy atom. The molecule has 0 bridgehead atoms. The average molecular weight is 247 g/mol. The molecular formula is C12H25NO4. The first kappa shape index (κ1) is 16.4. The van der Waals surface area contributed by atoms with Crippen molar-refractivity contribution in [1.82, 2.24) is 5.32 Å². The van der Waals surface area contributed by atoms with Crippen LogP contribution in [0.4, 0.5) is 0 Å². The molecule has 0 aromatic carbocycles. The van der Waals surface area contributed by atoms with Gasteiger partial charge in [-0.3, -0.25) is 4.79 Å². The van der Waals surface area contributed by atoms with Gasteiger partial charge in [0, 0.05) is 26.3 Å². The van der Waals surface area contributed by atoms with E-state index in [1.165, 1.54) is 0 Å². The summed E-state index contributed by atoms with van der Waals surface area (Å²) in [6.45, 7) is 6.69. The van der Waals surface area contributed by atoms with Crippen molar-refractivity contribution in [2.75, 3.05) is 26.9 Å². The van der Waals surface area contributed by atoms with Crippen LogP contribution in [0.15, 0.2) is 0 Å². The van der Waals surface area contributed by atoms with Gasteiger partial charge in [-0.1, -0.05) is 0 Å². The lowest BCUT2D eigenvalue weighted by atomic mass is 10.2. The quantitative estimate of drug-likeness (QED) is 0.618. The monoisotopic (exact) mass is 247 g/mol. The van der Waals surface area contributed by atoms with Crippen molar-refractivity contribution in [3.8, 4) is 0 Å². The zero-order chi connectivity index (χ0) is 13.3. The average Bonchev–Trinajstić information content (AvgIpc) is 2.15. The molecule has 1 unspecified atom stereocenters. The van der Waals surface area contributed by atoms with Gasteiger partial charge in [0.2, 0.25) is 0 Å². The van der Waals surface area contributed by atoms with E-state index in [0.717, 1.165) is 0 Å². The molecule has 17 heavy (non-hydrogen) atoms. The number of methoxy groups -OCH3 is 1. The summed E-state index contributed by atoms with van der Waals surface area (Å²) in [6, 6.07) is 0.0763. The number of rotatable bonds is 8. The molecule has 0 aliphatic heterocycles. The minimum Gasteiger partial charge on any atom is -0.460 e. The van der Waals surface area contributed by atoms with Crippen LogP contribution < -0.4 is 5.32 Å². The fraction of sp³-hybridized carbons (Fsp3) is 0.917. The number of hydrogen-bond donors (Lipinski definition) is 2. The molecule has 0 saturated heterocycles. The lowest BCUT2D eigenvalue weighted by molar-refractivity contribution is -0.154. The number of carbonyl (C=O) groups excluding carboxylic acids is 1. The van der Waals surface area contributed by atoms with Gasteiger partial charge in [0.25, 0.3) is 0 Å². The molecule has 0 fully saturated rings. The first-order chi connectivity index (χ1) is 7.89. The molecule has 0 heterocycles. The number of hydrogen-bond acceptors (Lipinski definition) is 5. The van der Waals surface area contributed by atoms with Gasteiger partial charge >= 0.3 is 5.97 Å². The predicted molar refractivity (Wildman–Crippen MR) is 65.8 cm³/mol. The smallest absolute Gasteiger partial charge is 0.307 e. The van der Waals surface area contributed by atoms with Gasteiger partial charge in [-0.25, -0.2) is 0 Å². The number of aliphatic hydroxyl groups excluding tert-OH is 1. The Hall–Kier alpha value is -0.650. The van der Waals surface area contributed by atoms with E-state index in [-0.39, 0.29) is 18.6 Å². The van der Waals surface area contributed by atoms with Crippen LogP contribution in [0.5, 0.6) is 0 Å². The first-order valence-corrected chi connectivity index (χ1v) is 5.94. The fourth-order valence-electron chi connectivity index (χ4n) is 1.37. The number of carbonyl (C=O) groups is 1. The Labute approximate surface area is 103 Å². The molecule has 0 aliphatic rings. The van der Waals surface area contributed by atoms with E-state index < -0.39 is 5.60 Å². The maximum absolute atomic E-state index is 11.4. The fourth-order valence-corrected chi connectivity index (χ4v) is 1.37. The summed E-state index contributed by atoms with van der Waals surface area (Å²) in [7, 11) is 1.61. The van der Waals surface area contributed by atoms with E-state index in [9.17, 15) is 4.79 Å². The van der Waals surface area contributed by atoms with Crippen LogP contribution in [0.25, 0.3) is 0 Å². The Morgan fingerprint density at radius 1 is 1.41 bits per heavy atom. The number of esters is 1. The van der Waals surface area contributed by atoms with Gasteiger partial charge in [0.15, 0.2) is 0 Å². The molecular weight excluding hydrogens is 222 g/mol. The predicted octanol–water partition coefficient (Wildman–Crippen LogP) is 0.705. The standard InChI is InChI=1S/C12H25NO4/c1-12(2,3)17-11(15)5-7-13-10(6-8-14)9-16-4/h10,13-14H,5-9H2,1-4H3. The van der Waals surface area contributed by atoms with Crippen LogP contribution in [-0.2, 0) is 14.3 Å². The van der Waals surface area contributed by atoms with E-state index >= 15 is 0 Å². The van der Waals surface area contributed by atoms with Gasteiger partial charge in [-0.15, -0.1) is 0 Å². The van der Waals surface area contributed by atoms with Gasteiger partial charge in [0.1, 0.15) is 5.60 Å². The van der Waals surface area contributed by atoms with Gasteiger partial charge in [-0.2, -0.15) is 0 Å². The van der Waals surface area contributed by atoms with Crippen molar-refractivity contribution < 1.29 is 19.4 Å². The van der Waals surface area contributed by atoms with Crippen LogP contribution in [0.3, 0.4) is 0 Å². The molecule has 0 aliphatic carbocycles. The van der Waals surface area contributed by atoms with Crippen LogP contribution in [-0.4, -0.2) is 49.6 Å². The van der Waals surface area contributed by atoms with Crippen molar-refractivity contribution in [3.05, 3.63) is 0 Å². The normalized spacial score (nSPS) is 13.5. The third-order valence-corrected chi connectivity index (χ3v) is 2.03. The maximum Gasteiger partial charge on any atom is 0.307 e. The second kappa shape index (κ2) is 8.44. The topological polar surface area (TPSA) is 67.8 Å². The highest BCUT2D eigenvalue weighted by molar-refractivity contribution is 5.70. The van der Waals surface area contributed by atoms with Gasteiger partial charge < -0.3 is 19.9 Å². The lowest BCUT2D eigenvalue weighted by Gasteiger charge is -2.20. The summed E-state index contributed by atoms with van der Waals surface area (Å²) in [6.07, 6.45) is 0.936. The van der Waals surface area contributed by atoms with Crippen molar-refractivity contribution in [1.29, 1.82) is 0 Å². The summed E-state index contributed by atoms with van der Waals surface area (Å²) < 4.78 is 10.2. The second-order valence-corrected chi connectivity index (χ2v) is 4.96. The Kier molecular flexibility index (Phi) is 8.12. The SMILES string of the molecule is COCC(CCO)NCCC(=O)OC(C)(C)C. The molecule has 2 N–H and O–H groups in total. The number of aliphatic hydroxyl groups is 1. The van der Waals surface area contributed by atoms with E-state index in [1.54, 1.807) is 7.11 Å². The summed E-state index contributed by atoms with van der Waals surface area (Å²) in [5.74, 6) is -0.217. The van der Waals surface area contributed by atoms with Crippen molar-refractivity contribution >= 4 is 5.97 Å².